The van der Waals surface area contributed by atoms with Gasteiger partial charge in [-0.2, -0.15) is 0 Å². The first-order valence-electron chi connectivity index (χ1n) is 13.1. The molecule has 0 aliphatic heterocycles. The third-order valence-corrected chi connectivity index (χ3v) is 8.01. The van der Waals surface area contributed by atoms with Gasteiger partial charge in [0.2, 0.25) is 0 Å². The van der Waals surface area contributed by atoms with Crippen LogP contribution in [0.15, 0.2) is 61.2 Å². The first-order valence-corrected chi connectivity index (χ1v) is 13.1. The highest BCUT2D eigenvalue weighted by atomic mass is 16.5. The SMILES string of the molecule is C=CCOCC1CCC(C2CCC(c3ccc(C#Cc4ccc(CC)cc4)cc3)CC2)CC1. The standard InChI is InChI=1S/C32H40O/c1-3-23-33-24-28-13-17-30(18-14-28)32-21-19-31(20-22-32)29-15-11-27(12-16-29)10-9-26-7-5-25(4-2)6-8-26/h3,5-8,11-12,15-16,28,30-32H,1,4,13-14,17-24H2,2H3. The zero-order valence-corrected chi connectivity index (χ0v) is 20.4. The Hall–Kier alpha value is -2.30. The van der Waals surface area contributed by atoms with E-state index >= 15 is 0 Å². The highest BCUT2D eigenvalue weighted by molar-refractivity contribution is 5.44. The molecule has 1 nitrogen and oxygen atoms in total. The van der Waals surface area contributed by atoms with Gasteiger partial charge in [-0.1, -0.05) is 49.1 Å². The summed E-state index contributed by atoms with van der Waals surface area (Å²) >= 11 is 0. The molecule has 2 aromatic rings. The van der Waals surface area contributed by atoms with Gasteiger partial charge < -0.3 is 4.74 Å². The van der Waals surface area contributed by atoms with Crippen LogP contribution in [0.1, 0.15) is 86.5 Å². The Balaban J connectivity index is 1.23. The van der Waals surface area contributed by atoms with E-state index in [0.29, 0.717) is 6.61 Å². The number of ether oxygens (including phenoxy) is 1. The van der Waals surface area contributed by atoms with E-state index in [1.54, 1.807) is 0 Å². The van der Waals surface area contributed by atoms with E-state index in [2.05, 4.69) is 73.9 Å². The summed E-state index contributed by atoms with van der Waals surface area (Å²) in [6.45, 7) is 7.55. The highest BCUT2D eigenvalue weighted by Gasteiger charge is 2.31. The van der Waals surface area contributed by atoms with Crippen LogP contribution < -0.4 is 0 Å². The van der Waals surface area contributed by atoms with Gasteiger partial charge in [0.25, 0.3) is 0 Å². The molecule has 0 N–H and O–H groups in total. The normalized spacial score (nSPS) is 25.1. The van der Waals surface area contributed by atoms with Crippen molar-refractivity contribution in [2.75, 3.05) is 13.2 Å². The van der Waals surface area contributed by atoms with Crippen molar-refractivity contribution in [2.24, 2.45) is 17.8 Å². The molecule has 0 heterocycles. The molecular formula is C32H40O. The molecule has 2 fully saturated rings. The van der Waals surface area contributed by atoms with E-state index in [1.165, 1.54) is 62.5 Å². The van der Waals surface area contributed by atoms with Gasteiger partial charge >= 0.3 is 0 Å². The van der Waals surface area contributed by atoms with Crippen LogP contribution in [-0.4, -0.2) is 13.2 Å². The average Bonchev–Trinajstić information content (AvgIpc) is 2.89. The molecule has 2 saturated carbocycles. The number of hydrogen-bond donors (Lipinski definition) is 0. The molecule has 0 radical (unpaired) electrons. The Morgan fingerprint density at radius 3 is 1.88 bits per heavy atom. The molecular weight excluding hydrogens is 400 g/mol. The quantitative estimate of drug-likeness (QED) is 0.241. The van der Waals surface area contributed by atoms with Crippen LogP contribution in [0.3, 0.4) is 0 Å². The van der Waals surface area contributed by atoms with Gasteiger partial charge in [0, 0.05) is 17.7 Å². The van der Waals surface area contributed by atoms with Crippen molar-refractivity contribution >= 4 is 0 Å². The monoisotopic (exact) mass is 440 g/mol. The molecule has 0 bridgehead atoms. The van der Waals surface area contributed by atoms with Crippen molar-refractivity contribution in [2.45, 2.75) is 70.6 Å². The summed E-state index contributed by atoms with van der Waals surface area (Å²) in [5.74, 6) is 10.0. The molecule has 2 aliphatic carbocycles. The van der Waals surface area contributed by atoms with E-state index in [1.807, 2.05) is 6.08 Å². The lowest BCUT2D eigenvalue weighted by atomic mass is 9.68. The molecule has 4 rings (SSSR count). The maximum Gasteiger partial charge on any atom is 0.0644 e. The molecule has 33 heavy (non-hydrogen) atoms. The van der Waals surface area contributed by atoms with Crippen LogP contribution in [0.5, 0.6) is 0 Å². The maximum absolute atomic E-state index is 5.69. The highest BCUT2D eigenvalue weighted by Crippen LogP contribution is 2.43. The smallest absolute Gasteiger partial charge is 0.0644 e. The second-order valence-electron chi connectivity index (χ2n) is 10.1. The molecule has 2 aliphatic rings. The zero-order valence-electron chi connectivity index (χ0n) is 20.4. The summed E-state index contributed by atoms with van der Waals surface area (Å²) in [6.07, 6.45) is 14.0. The third kappa shape index (κ3) is 6.84. The molecule has 0 atom stereocenters. The van der Waals surface area contributed by atoms with Crippen molar-refractivity contribution in [3.63, 3.8) is 0 Å². The van der Waals surface area contributed by atoms with Gasteiger partial charge in [0.15, 0.2) is 0 Å². The average molecular weight is 441 g/mol. The Bertz CT molecular complexity index is 911. The van der Waals surface area contributed by atoms with Gasteiger partial charge in [-0.05, 0) is 117 Å². The predicted molar refractivity (Wildman–Crippen MR) is 139 cm³/mol. The van der Waals surface area contributed by atoms with Crippen LogP contribution >= 0.6 is 0 Å². The van der Waals surface area contributed by atoms with Crippen LogP contribution in [0.4, 0.5) is 0 Å². The summed E-state index contributed by atoms with van der Waals surface area (Å²) in [5, 5.41) is 0. The Morgan fingerprint density at radius 1 is 0.788 bits per heavy atom. The molecule has 0 aromatic heterocycles. The largest absolute Gasteiger partial charge is 0.377 e. The van der Waals surface area contributed by atoms with E-state index in [4.69, 9.17) is 4.74 Å². The number of hydrogen-bond acceptors (Lipinski definition) is 1. The molecule has 0 unspecified atom stereocenters. The summed E-state index contributed by atoms with van der Waals surface area (Å²) < 4.78 is 5.69. The predicted octanol–water partition coefficient (Wildman–Crippen LogP) is 7.93. The minimum absolute atomic E-state index is 0.699. The van der Waals surface area contributed by atoms with Crippen molar-refractivity contribution in [1.29, 1.82) is 0 Å². The Kier molecular flexibility index (Phi) is 8.85. The molecule has 1 heteroatoms. The fourth-order valence-electron chi connectivity index (χ4n) is 5.88. The van der Waals surface area contributed by atoms with E-state index in [9.17, 15) is 0 Å². The van der Waals surface area contributed by atoms with Crippen LogP contribution in [0, 0.1) is 29.6 Å². The zero-order chi connectivity index (χ0) is 22.9. The minimum Gasteiger partial charge on any atom is -0.377 e. The summed E-state index contributed by atoms with van der Waals surface area (Å²) in [4.78, 5) is 0. The van der Waals surface area contributed by atoms with Gasteiger partial charge in [0.1, 0.15) is 0 Å². The van der Waals surface area contributed by atoms with E-state index < -0.39 is 0 Å². The summed E-state index contributed by atoms with van der Waals surface area (Å²) in [6, 6.07) is 17.7. The summed E-state index contributed by atoms with van der Waals surface area (Å²) in [5.41, 5.74) is 5.07. The van der Waals surface area contributed by atoms with Gasteiger partial charge in [-0.25, -0.2) is 0 Å². The molecule has 0 spiro atoms. The molecule has 174 valence electrons. The lowest BCUT2D eigenvalue weighted by molar-refractivity contribution is 0.0808. The fourth-order valence-corrected chi connectivity index (χ4v) is 5.88. The second kappa shape index (κ2) is 12.2. The van der Waals surface area contributed by atoms with Crippen molar-refractivity contribution in [1.82, 2.24) is 0 Å². The van der Waals surface area contributed by atoms with Crippen LogP contribution in [0.2, 0.25) is 0 Å². The Labute approximate surface area is 201 Å². The van der Waals surface area contributed by atoms with Crippen LogP contribution in [0.25, 0.3) is 0 Å². The first kappa shape index (κ1) is 23.8. The van der Waals surface area contributed by atoms with Crippen molar-refractivity contribution in [3.05, 3.63) is 83.4 Å². The minimum atomic E-state index is 0.699. The topological polar surface area (TPSA) is 9.23 Å². The molecule has 0 amide bonds. The lowest BCUT2D eigenvalue weighted by Crippen LogP contribution is -2.26. The third-order valence-electron chi connectivity index (χ3n) is 8.01. The van der Waals surface area contributed by atoms with Crippen molar-refractivity contribution < 1.29 is 4.74 Å². The van der Waals surface area contributed by atoms with E-state index in [0.717, 1.165) is 47.8 Å². The van der Waals surface area contributed by atoms with Gasteiger partial charge in [-0.15, -0.1) is 6.58 Å². The van der Waals surface area contributed by atoms with Crippen LogP contribution in [-0.2, 0) is 11.2 Å². The fraction of sp³-hybridized carbons (Fsp3) is 0.500. The lowest BCUT2D eigenvalue weighted by Gasteiger charge is -2.38. The van der Waals surface area contributed by atoms with Gasteiger partial charge in [0.05, 0.1) is 6.61 Å². The number of rotatable bonds is 7. The van der Waals surface area contributed by atoms with E-state index in [-0.39, 0.29) is 0 Å². The Morgan fingerprint density at radius 2 is 1.33 bits per heavy atom. The number of aryl methyl sites for hydroxylation is 1. The second-order valence-corrected chi connectivity index (χ2v) is 10.1. The maximum atomic E-state index is 5.69. The first-order chi connectivity index (χ1) is 16.2. The summed E-state index contributed by atoms with van der Waals surface area (Å²) in [7, 11) is 0. The molecule has 2 aromatic carbocycles. The molecule has 0 saturated heterocycles. The van der Waals surface area contributed by atoms with Gasteiger partial charge in [-0.3, -0.25) is 0 Å². The van der Waals surface area contributed by atoms with Crippen molar-refractivity contribution in [3.8, 4) is 11.8 Å². The number of benzene rings is 2.